The summed E-state index contributed by atoms with van der Waals surface area (Å²) in [5.41, 5.74) is -1.31. The van der Waals surface area contributed by atoms with Crippen molar-refractivity contribution in [3.8, 4) is 11.5 Å². The highest BCUT2D eigenvalue weighted by Gasteiger charge is 2.60. The molecular formula is C22H22F3N3O4. The average molecular weight is 449 g/mol. The van der Waals surface area contributed by atoms with Gasteiger partial charge in [-0.3, -0.25) is 4.79 Å². The Labute approximate surface area is 182 Å². The van der Waals surface area contributed by atoms with E-state index >= 15 is 0 Å². The van der Waals surface area contributed by atoms with Crippen molar-refractivity contribution < 1.29 is 32.2 Å². The van der Waals surface area contributed by atoms with Gasteiger partial charge in [0.15, 0.2) is 0 Å². The third-order valence-electron chi connectivity index (χ3n) is 5.96. The van der Waals surface area contributed by atoms with Crippen LogP contribution in [-0.4, -0.2) is 56.7 Å². The van der Waals surface area contributed by atoms with E-state index < -0.39 is 35.1 Å². The number of halogens is 3. The number of hydrogen-bond acceptors (Lipinski definition) is 5. The van der Waals surface area contributed by atoms with Crippen LogP contribution in [0.1, 0.15) is 17.0 Å². The number of methoxy groups -OCH3 is 2. The van der Waals surface area contributed by atoms with Gasteiger partial charge in [0.25, 0.3) is 5.91 Å². The molecule has 0 bridgehead atoms. The van der Waals surface area contributed by atoms with Crippen LogP contribution < -0.4 is 19.7 Å². The molecule has 170 valence electrons. The SMILES string of the molecule is COc1cc(OC)cc([C@H]2CN(C)C[C@]23NC(=O)N(c2ccc(C(F)(F)F)cc2)C3=O)c1. The molecule has 32 heavy (non-hydrogen) atoms. The number of carbonyl (C=O) groups is 2. The number of alkyl halides is 3. The number of urea groups is 1. The molecule has 1 spiro atoms. The smallest absolute Gasteiger partial charge is 0.416 e. The molecule has 2 heterocycles. The first-order chi connectivity index (χ1) is 15.1. The number of rotatable bonds is 4. The summed E-state index contributed by atoms with van der Waals surface area (Å²) in [6.07, 6.45) is -4.51. The number of imide groups is 1. The minimum atomic E-state index is -4.51. The number of likely N-dealkylation sites (tertiary alicyclic amines) is 1. The lowest BCUT2D eigenvalue weighted by atomic mass is 9.81. The molecule has 2 aromatic carbocycles. The second kappa shape index (κ2) is 7.70. The minimum absolute atomic E-state index is 0.0777. The summed E-state index contributed by atoms with van der Waals surface area (Å²) >= 11 is 0. The van der Waals surface area contributed by atoms with Crippen LogP contribution in [0.15, 0.2) is 42.5 Å². The quantitative estimate of drug-likeness (QED) is 0.726. The molecule has 0 saturated carbocycles. The summed E-state index contributed by atoms with van der Waals surface area (Å²) in [5.74, 6) is 0.145. The molecule has 0 unspecified atom stereocenters. The first-order valence-corrected chi connectivity index (χ1v) is 9.84. The van der Waals surface area contributed by atoms with Crippen LogP contribution in [0.2, 0.25) is 0 Å². The summed E-state index contributed by atoms with van der Waals surface area (Å²) in [5, 5.41) is 2.82. The number of ether oxygens (including phenoxy) is 2. The highest BCUT2D eigenvalue weighted by atomic mass is 19.4. The van der Waals surface area contributed by atoms with Gasteiger partial charge >= 0.3 is 12.2 Å². The molecule has 0 aromatic heterocycles. The van der Waals surface area contributed by atoms with Gasteiger partial charge in [-0.25, -0.2) is 9.69 Å². The van der Waals surface area contributed by atoms with Gasteiger partial charge in [-0.15, -0.1) is 0 Å². The van der Waals surface area contributed by atoms with E-state index in [1.54, 1.807) is 18.2 Å². The van der Waals surface area contributed by atoms with E-state index in [-0.39, 0.29) is 12.2 Å². The standard InChI is InChI=1S/C22H22F3N3O4/c1-27-11-18(13-8-16(31-2)10-17(9-13)32-3)21(12-27)19(29)28(20(30)26-21)15-6-4-14(5-7-15)22(23,24)25/h4-10,18H,11-12H2,1-3H3,(H,26,30)/t18-,21+/m1/s1. The van der Waals surface area contributed by atoms with Gasteiger partial charge in [0, 0.05) is 25.1 Å². The minimum Gasteiger partial charge on any atom is -0.497 e. The third kappa shape index (κ3) is 3.54. The van der Waals surface area contributed by atoms with Crippen molar-refractivity contribution in [3.63, 3.8) is 0 Å². The van der Waals surface area contributed by atoms with E-state index in [4.69, 9.17) is 9.47 Å². The van der Waals surface area contributed by atoms with E-state index in [1.165, 1.54) is 14.2 Å². The normalized spacial score (nSPS) is 23.7. The molecule has 2 aliphatic heterocycles. The van der Waals surface area contributed by atoms with Crippen molar-refractivity contribution in [2.75, 3.05) is 39.3 Å². The van der Waals surface area contributed by atoms with Crippen molar-refractivity contribution in [1.82, 2.24) is 10.2 Å². The van der Waals surface area contributed by atoms with Crippen molar-refractivity contribution >= 4 is 17.6 Å². The Kier molecular flexibility index (Phi) is 5.28. The Balaban J connectivity index is 1.73. The fraction of sp³-hybridized carbons (Fsp3) is 0.364. The number of nitrogens with zero attached hydrogens (tertiary/aromatic N) is 2. The topological polar surface area (TPSA) is 71.1 Å². The molecule has 2 saturated heterocycles. The maximum atomic E-state index is 13.6. The Morgan fingerprint density at radius 2 is 1.62 bits per heavy atom. The summed E-state index contributed by atoms with van der Waals surface area (Å²) < 4.78 is 49.4. The Morgan fingerprint density at radius 1 is 1.03 bits per heavy atom. The molecule has 1 N–H and O–H groups in total. The molecule has 2 atom stereocenters. The zero-order chi connectivity index (χ0) is 23.3. The predicted molar refractivity (Wildman–Crippen MR) is 110 cm³/mol. The fourth-order valence-corrected chi connectivity index (χ4v) is 4.46. The molecule has 3 amide bonds. The second-order valence-corrected chi connectivity index (χ2v) is 7.98. The number of nitrogens with one attached hydrogen (secondary N) is 1. The summed E-state index contributed by atoms with van der Waals surface area (Å²) in [6, 6.07) is 8.56. The zero-order valence-electron chi connectivity index (χ0n) is 17.7. The van der Waals surface area contributed by atoms with Crippen molar-refractivity contribution in [2.24, 2.45) is 0 Å². The molecule has 7 nitrogen and oxygen atoms in total. The summed E-state index contributed by atoms with van der Waals surface area (Å²) in [7, 11) is 4.87. The molecule has 0 radical (unpaired) electrons. The highest BCUT2D eigenvalue weighted by Crippen LogP contribution is 2.43. The first kappa shape index (κ1) is 21.9. The van der Waals surface area contributed by atoms with Gasteiger partial charge in [-0.1, -0.05) is 0 Å². The van der Waals surface area contributed by atoms with Crippen LogP contribution in [0.25, 0.3) is 0 Å². The van der Waals surface area contributed by atoms with Crippen LogP contribution in [0, 0.1) is 0 Å². The van der Waals surface area contributed by atoms with Crippen LogP contribution in [0.4, 0.5) is 23.7 Å². The molecule has 10 heteroatoms. The average Bonchev–Trinajstić information content (AvgIpc) is 3.22. The molecule has 2 fully saturated rings. The Hall–Kier alpha value is -3.27. The Bertz CT molecular complexity index is 1040. The number of anilines is 1. The second-order valence-electron chi connectivity index (χ2n) is 7.98. The van der Waals surface area contributed by atoms with Gasteiger partial charge in [0.1, 0.15) is 17.0 Å². The monoisotopic (exact) mass is 449 g/mol. The van der Waals surface area contributed by atoms with Crippen LogP contribution in [0.3, 0.4) is 0 Å². The van der Waals surface area contributed by atoms with Gasteiger partial charge in [0.2, 0.25) is 0 Å². The van der Waals surface area contributed by atoms with E-state index in [1.807, 2.05) is 11.9 Å². The van der Waals surface area contributed by atoms with Gasteiger partial charge in [-0.2, -0.15) is 13.2 Å². The van der Waals surface area contributed by atoms with Gasteiger partial charge in [0.05, 0.1) is 25.5 Å². The Morgan fingerprint density at radius 3 is 2.16 bits per heavy atom. The predicted octanol–water partition coefficient (Wildman–Crippen LogP) is 3.25. The van der Waals surface area contributed by atoms with Crippen molar-refractivity contribution in [2.45, 2.75) is 17.6 Å². The molecule has 2 aromatic rings. The lowest BCUT2D eigenvalue weighted by Gasteiger charge is -2.28. The van der Waals surface area contributed by atoms with Crippen LogP contribution in [-0.2, 0) is 11.0 Å². The lowest BCUT2D eigenvalue weighted by molar-refractivity contribution is -0.137. The van der Waals surface area contributed by atoms with Crippen molar-refractivity contribution in [3.05, 3.63) is 53.6 Å². The van der Waals surface area contributed by atoms with Gasteiger partial charge < -0.3 is 19.7 Å². The number of hydrogen-bond donors (Lipinski definition) is 1. The largest absolute Gasteiger partial charge is 0.497 e. The maximum absolute atomic E-state index is 13.6. The third-order valence-corrected chi connectivity index (χ3v) is 5.96. The highest BCUT2D eigenvalue weighted by molar-refractivity contribution is 6.24. The van der Waals surface area contributed by atoms with Crippen LogP contribution in [0.5, 0.6) is 11.5 Å². The number of benzene rings is 2. The van der Waals surface area contributed by atoms with Crippen molar-refractivity contribution in [1.29, 1.82) is 0 Å². The van der Waals surface area contributed by atoms with E-state index in [0.29, 0.717) is 18.0 Å². The van der Waals surface area contributed by atoms with E-state index in [0.717, 1.165) is 34.7 Å². The van der Waals surface area contributed by atoms with E-state index in [9.17, 15) is 22.8 Å². The molecular weight excluding hydrogens is 427 g/mol. The maximum Gasteiger partial charge on any atom is 0.416 e. The van der Waals surface area contributed by atoms with Crippen LogP contribution >= 0.6 is 0 Å². The summed E-state index contributed by atoms with van der Waals surface area (Å²) in [6.45, 7) is 0.724. The number of carbonyl (C=O) groups excluding carboxylic acids is 2. The first-order valence-electron chi connectivity index (χ1n) is 9.84. The summed E-state index contributed by atoms with van der Waals surface area (Å²) in [4.78, 5) is 29.3. The van der Waals surface area contributed by atoms with E-state index in [2.05, 4.69) is 5.32 Å². The molecule has 2 aliphatic rings. The van der Waals surface area contributed by atoms with Gasteiger partial charge in [-0.05, 0) is 49.0 Å². The molecule has 0 aliphatic carbocycles. The molecule has 4 rings (SSSR count). The number of amides is 3. The number of likely N-dealkylation sites (N-methyl/N-ethyl adjacent to an activating group) is 1. The lowest BCUT2D eigenvalue weighted by Crippen LogP contribution is -2.52. The zero-order valence-corrected chi connectivity index (χ0v) is 17.7. The fourth-order valence-electron chi connectivity index (χ4n) is 4.46.